The molecule has 6 heteroatoms. The molecule has 0 radical (unpaired) electrons. The van der Waals surface area contributed by atoms with Gasteiger partial charge in [0.25, 0.3) is 5.91 Å². The van der Waals surface area contributed by atoms with E-state index >= 15 is 0 Å². The first kappa shape index (κ1) is 12.7. The summed E-state index contributed by atoms with van der Waals surface area (Å²) < 4.78 is 13.0. The van der Waals surface area contributed by atoms with Crippen LogP contribution in [-0.4, -0.2) is 16.1 Å². The van der Waals surface area contributed by atoms with Crippen LogP contribution >= 0.6 is 0 Å². The molecule has 19 heavy (non-hydrogen) atoms. The molecule has 5 nitrogen and oxygen atoms in total. The standard InChI is InChI=1S/C13H11FN2O3/c14-7-1-3-10(15)11(5-7)16-13(19)9-6-8(17)2-4-12(9)18/h1-6,17-18H,15H2,(H,16,19). The molecule has 2 aromatic rings. The molecule has 0 bridgehead atoms. The highest BCUT2D eigenvalue weighted by molar-refractivity contribution is 6.07. The van der Waals surface area contributed by atoms with E-state index < -0.39 is 11.7 Å². The van der Waals surface area contributed by atoms with Gasteiger partial charge in [-0.2, -0.15) is 0 Å². The van der Waals surface area contributed by atoms with Crippen LogP contribution in [0, 0.1) is 5.82 Å². The second-order valence-corrected chi connectivity index (χ2v) is 3.89. The Morgan fingerprint density at radius 3 is 2.63 bits per heavy atom. The maximum absolute atomic E-state index is 13.0. The molecular formula is C13H11FN2O3. The number of phenols is 2. The third-order valence-corrected chi connectivity index (χ3v) is 2.49. The zero-order chi connectivity index (χ0) is 14.0. The number of hydrogen-bond donors (Lipinski definition) is 4. The zero-order valence-electron chi connectivity index (χ0n) is 9.72. The molecule has 98 valence electrons. The normalized spacial score (nSPS) is 10.2. The lowest BCUT2D eigenvalue weighted by Crippen LogP contribution is -2.13. The molecule has 0 spiro atoms. The zero-order valence-corrected chi connectivity index (χ0v) is 9.72. The molecule has 0 fully saturated rings. The number of carbonyl (C=O) groups excluding carboxylic acids is 1. The van der Waals surface area contributed by atoms with Gasteiger partial charge in [-0.1, -0.05) is 0 Å². The Morgan fingerprint density at radius 1 is 1.16 bits per heavy atom. The molecule has 2 aromatic carbocycles. The molecule has 0 aromatic heterocycles. The molecule has 0 aliphatic heterocycles. The van der Waals surface area contributed by atoms with Gasteiger partial charge in [-0.3, -0.25) is 4.79 Å². The SMILES string of the molecule is Nc1ccc(F)cc1NC(=O)c1cc(O)ccc1O. The lowest BCUT2D eigenvalue weighted by atomic mass is 10.1. The summed E-state index contributed by atoms with van der Waals surface area (Å²) in [5.41, 5.74) is 5.73. The number of aromatic hydroxyl groups is 2. The number of amides is 1. The number of nitrogens with two attached hydrogens (primary N) is 1. The summed E-state index contributed by atoms with van der Waals surface area (Å²) in [6, 6.07) is 7.05. The fourth-order valence-electron chi connectivity index (χ4n) is 1.53. The average Bonchev–Trinajstić information content (AvgIpc) is 2.36. The summed E-state index contributed by atoms with van der Waals surface area (Å²) in [5.74, 6) is -1.73. The van der Waals surface area contributed by atoms with Gasteiger partial charge >= 0.3 is 0 Å². The van der Waals surface area contributed by atoms with Crippen molar-refractivity contribution in [1.29, 1.82) is 0 Å². The average molecular weight is 262 g/mol. The Labute approximate surface area is 108 Å². The number of carbonyl (C=O) groups is 1. The first-order chi connectivity index (χ1) is 8.97. The van der Waals surface area contributed by atoms with Crippen LogP contribution in [-0.2, 0) is 0 Å². The largest absolute Gasteiger partial charge is 0.508 e. The van der Waals surface area contributed by atoms with Gasteiger partial charge in [0.05, 0.1) is 16.9 Å². The van der Waals surface area contributed by atoms with Crippen molar-refractivity contribution in [3.8, 4) is 11.5 Å². The monoisotopic (exact) mass is 262 g/mol. The number of benzene rings is 2. The molecule has 0 aliphatic rings. The third-order valence-electron chi connectivity index (χ3n) is 2.49. The molecule has 0 unspecified atom stereocenters. The second kappa shape index (κ2) is 4.85. The Hall–Kier alpha value is -2.76. The quantitative estimate of drug-likeness (QED) is 0.492. The Balaban J connectivity index is 2.30. The molecule has 0 saturated carbocycles. The van der Waals surface area contributed by atoms with Gasteiger partial charge in [0.2, 0.25) is 0 Å². The van der Waals surface area contributed by atoms with Crippen molar-refractivity contribution in [2.75, 3.05) is 11.1 Å². The van der Waals surface area contributed by atoms with Gasteiger partial charge in [-0.25, -0.2) is 4.39 Å². The van der Waals surface area contributed by atoms with Crippen LogP contribution in [0.5, 0.6) is 11.5 Å². The number of hydrogen-bond acceptors (Lipinski definition) is 4. The fourth-order valence-corrected chi connectivity index (χ4v) is 1.53. The van der Waals surface area contributed by atoms with Gasteiger partial charge in [-0.05, 0) is 36.4 Å². The number of nitrogen functional groups attached to an aromatic ring is 1. The topological polar surface area (TPSA) is 95.6 Å². The number of halogens is 1. The summed E-state index contributed by atoms with van der Waals surface area (Å²) >= 11 is 0. The third kappa shape index (κ3) is 2.74. The number of nitrogens with one attached hydrogen (secondary N) is 1. The summed E-state index contributed by atoms with van der Waals surface area (Å²) in [4.78, 5) is 11.9. The molecule has 0 heterocycles. The Morgan fingerprint density at radius 2 is 1.89 bits per heavy atom. The lowest BCUT2D eigenvalue weighted by molar-refractivity contribution is 0.102. The molecule has 5 N–H and O–H groups in total. The van der Waals surface area contributed by atoms with Crippen molar-refractivity contribution < 1.29 is 19.4 Å². The van der Waals surface area contributed by atoms with Crippen molar-refractivity contribution in [1.82, 2.24) is 0 Å². The predicted octanol–water partition coefficient (Wildman–Crippen LogP) is 2.07. The van der Waals surface area contributed by atoms with E-state index in [2.05, 4.69) is 5.32 Å². The molecule has 2 rings (SSSR count). The van der Waals surface area contributed by atoms with Gasteiger partial charge in [0.15, 0.2) is 0 Å². The number of anilines is 2. The number of rotatable bonds is 2. The molecule has 0 aliphatic carbocycles. The highest BCUT2D eigenvalue weighted by Crippen LogP contribution is 2.25. The number of phenolic OH excluding ortho intramolecular Hbond substituents is 2. The highest BCUT2D eigenvalue weighted by Gasteiger charge is 2.13. The van der Waals surface area contributed by atoms with Crippen molar-refractivity contribution in [2.45, 2.75) is 0 Å². The maximum atomic E-state index is 13.0. The van der Waals surface area contributed by atoms with Gasteiger partial charge in [0, 0.05) is 0 Å². The Bertz CT molecular complexity index is 644. The van der Waals surface area contributed by atoms with Gasteiger partial charge < -0.3 is 21.3 Å². The van der Waals surface area contributed by atoms with Gasteiger partial charge in [-0.15, -0.1) is 0 Å². The summed E-state index contributed by atoms with van der Waals surface area (Å²) in [6.07, 6.45) is 0. The minimum atomic E-state index is -0.703. The van der Waals surface area contributed by atoms with Crippen molar-refractivity contribution in [3.63, 3.8) is 0 Å². The van der Waals surface area contributed by atoms with E-state index in [0.717, 1.165) is 18.2 Å². The van der Waals surface area contributed by atoms with E-state index in [1.165, 1.54) is 18.2 Å². The summed E-state index contributed by atoms with van der Waals surface area (Å²) in [6.45, 7) is 0. The first-order valence-electron chi connectivity index (χ1n) is 5.36. The van der Waals surface area contributed by atoms with E-state index in [1.807, 2.05) is 0 Å². The van der Waals surface area contributed by atoms with Crippen LogP contribution in [0.25, 0.3) is 0 Å². The smallest absolute Gasteiger partial charge is 0.259 e. The fraction of sp³-hybridized carbons (Fsp3) is 0. The van der Waals surface area contributed by atoms with Crippen LogP contribution in [0.3, 0.4) is 0 Å². The van der Waals surface area contributed by atoms with Gasteiger partial charge in [0.1, 0.15) is 17.3 Å². The predicted molar refractivity (Wildman–Crippen MR) is 68.5 cm³/mol. The molecular weight excluding hydrogens is 251 g/mol. The first-order valence-corrected chi connectivity index (χ1v) is 5.36. The van der Waals surface area contributed by atoms with Crippen LogP contribution in [0.1, 0.15) is 10.4 Å². The van der Waals surface area contributed by atoms with E-state index in [0.29, 0.717) is 0 Å². The lowest BCUT2D eigenvalue weighted by Gasteiger charge is -2.09. The van der Waals surface area contributed by atoms with Crippen molar-refractivity contribution in [2.24, 2.45) is 0 Å². The van der Waals surface area contributed by atoms with E-state index in [-0.39, 0.29) is 28.4 Å². The maximum Gasteiger partial charge on any atom is 0.259 e. The Kier molecular flexibility index (Phi) is 3.24. The van der Waals surface area contributed by atoms with Crippen molar-refractivity contribution in [3.05, 3.63) is 47.8 Å². The van der Waals surface area contributed by atoms with Crippen LogP contribution in [0.2, 0.25) is 0 Å². The van der Waals surface area contributed by atoms with Crippen LogP contribution < -0.4 is 11.1 Å². The molecule has 0 atom stereocenters. The van der Waals surface area contributed by atoms with Crippen molar-refractivity contribution >= 4 is 17.3 Å². The summed E-state index contributed by atoms with van der Waals surface area (Å²) in [7, 11) is 0. The van der Waals surface area contributed by atoms with Crippen LogP contribution in [0.4, 0.5) is 15.8 Å². The van der Waals surface area contributed by atoms with Crippen LogP contribution in [0.15, 0.2) is 36.4 Å². The molecule has 0 saturated heterocycles. The van der Waals surface area contributed by atoms with E-state index in [1.54, 1.807) is 0 Å². The minimum Gasteiger partial charge on any atom is -0.508 e. The summed E-state index contributed by atoms with van der Waals surface area (Å²) in [5, 5.41) is 21.2. The van der Waals surface area contributed by atoms with E-state index in [4.69, 9.17) is 5.73 Å². The molecule has 1 amide bonds. The highest BCUT2D eigenvalue weighted by atomic mass is 19.1. The minimum absolute atomic E-state index is 0.0905. The second-order valence-electron chi connectivity index (χ2n) is 3.89. The van der Waals surface area contributed by atoms with E-state index in [9.17, 15) is 19.4 Å².